The summed E-state index contributed by atoms with van der Waals surface area (Å²) in [5.74, 6) is -0.593. The number of benzene rings is 2. The zero-order chi connectivity index (χ0) is 23.3. The van der Waals surface area contributed by atoms with E-state index in [-0.39, 0.29) is 22.4 Å². The number of nitrogens with zero attached hydrogens (tertiary/aromatic N) is 1. The molecule has 1 amide bonds. The fourth-order valence-electron chi connectivity index (χ4n) is 3.81. The Hall–Kier alpha value is -2.87. The van der Waals surface area contributed by atoms with E-state index in [1.807, 2.05) is 0 Å². The Kier molecular flexibility index (Phi) is 7.56. The van der Waals surface area contributed by atoms with Gasteiger partial charge in [-0.1, -0.05) is 38.0 Å². The number of rotatable bonds is 7. The van der Waals surface area contributed by atoms with Crippen molar-refractivity contribution in [1.29, 1.82) is 0 Å². The molecule has 1 fully saturated rings. The first-order valence-corrected chi connectivity index (χ1v) is 12.3. The minimum absolute atomic E-state index is 0.0532. The number of hydrogen-bond acceptors (Lipinski definition) is 5. The topological polar surface area (TPSA) is 92.8 Å². The van der Waals surface area contributed by atoms with Crippen molar-refractivity contribution in [3.05, 3.63) is 60.2 Å². The maximum atomic E-state index is 12.9. The van der Waals surface area contributed by atoms with E-state index in [0.29, 0.717) is 11.6 Å². The highest BCUT2D eigenvalue weighted by atomic mass is 32.2. The summed E-state index contributed by atoms with van der Waals surface area (Å²) in [4.78, 5) is 25.0. The average molecular weight is 459 g/mol. The molecule has 0 aromatic heterocycles. The molecule has 0 spiro atoms. The summed E-state index contributed by atoms with van der Waals surface area (Å²) in [6, 6.07) is 14.3. The molecule has 0 bridgehead atoms. The molecule has 2 aromatic rings. The molecule has 3 atom stereocenters. The van der Waals surface area contributed by atoms with Crippen LogP contribution in [0.3, 0.4) is 0 Å². The number of sulfonamides is 1. The monoisotopic (exact) mass is 458 g/mol. The third kappa shape index (κ3) is 5.48. The van der Waals surface area contributed by atoms with Crippen LogP contribution in [0.4, 0.5) is 5.69 Å². The van der Waals surface area contributed by atoms with Crippen molar-refractivity contribution in [1.82, 2.24) is 5.32 Å². The van der Waals surface area contributed by atoms with Crippen LogP contribution >= 0.6 is 0 Å². The Morgan fingerprint density at radius 3 is 2.28 bits per heavy atom. The number of amides is 1. The van der Waals surface area contributed by atoms with Crippen LogP contribution in [0, 0.1) is 5.92 Å². The summed E-state index contributed by atoms with van der Waals surface area (Å²) in [6.45, 7) is 3.65. The molecule has 3 rings (SSSR count). The quantitative estimate of drug-likeness (QED) is 0.638. The van der Waals surface area contributed by atoms with E-state index in [9.17, 15) is 18.0 Å². The Labute approximate surface area is 189 Å². The number of hydrogen-bond donors (Lipinski definition) is 1. The van der Waals surface area contributed by atoms with Gasteiger partial charge in [-0.15, -0.1) is 0 Å². The van der Waals surface area contributed by atoms with Gasteiger partial charge in [-0.05, 0) is 62.1 Å². The predicted molar refractivity (Wildman–Crippen MR) is 123 cm³/mol. The lowest BCUT2D eigenvalue weighted by Gasteiger charge is -2.30. The number of anilines is 1. The lowest BCUT2D eigenvalue weighted by Crippen LogP contribution is -2.45. The Balaban J connectivity index is 1.62. The maximum Gasteiger partial charge on any atom is 0.338 e. The van der Waals surface area contributed by atoms with E-state index in [0.717, 1.165) is 19.3 Å². The normalized spacial score (nSPS) is 19.6. The van der Waals surface area contributed by atoms with Crippen molar-refractivity contribution in [3.8, 4) is 0 Å². The second kappa shape index (κ2) is 10.2. The van der Waals surface area contributed by atoms with E-state index in [1.165, 1.54) is 49.0 Å². The van der Waals surface area contributed by atoms with E-state index >= 15 is 0 Å². The standard InChI is InChI=1S/C24H30N2O5S/c1-17-9-7-8-12-22(17)25-23(27)18(2)31-24(28)19-13-15-21(16-14-19)32(29,30)26(3)20-10-5-4-6-11-20/h4-6,10-11,13-18,22H,7-9,12H2,1-3H3,(H,25,27)/t17-,18-,22+/m0/s1. The summed E-state index contributed by atoms with van der Waals surface area (Å²) >= 11 is 0. The van der Waals surface area contributed by atoms with E-state index in [1.54, 1.807) is 30.3 Å². The summed E-state index contributed by atoms with van der Waals surface area (Å²) in [7, 11) is -2.30. The smallest absolute Gasteiger partial charge is 0.338 e. The van der Waals surface area contributed by atoms with Gasteiger partial charge in [-0.3, -0.25) is 9.10 Å². The van der Waals surface area contributed by atoms with Gasteiger partial charge in [0, 0.05) is 13.1 Å². The van der Waals surface area contributed by atoms with Gasteiger partial charge in [0.1, 0.15) is 0 Å². The van der Waals surface area contributed by atoms with Crippen LogP contribution in [0.1, 0.15) is 49.9 Å². The molecule has 0 heterocycles. The lowest BCUT2D eigenvalue weighted by molar-refractivity contribution is -0.130. The van der Waals surface area contributed by atoms with Crippen molar-refractivity contribution in [2.45, 2.75) is 56.6 Å². The van der Waals surface area contributed by atoms with Gasteiger partial charge >= 0.3 is 5.97 Å². The molecule has 1 saturated carbocycles. The fourth-order valence-corrected chi connectivity index (χ4v) is 5.01. The Morgan fingerprint density at radius 1 is 1.03 bits per heavy atom. The summed E-state index contributed by atoms with van der Waals surface area (Å²) in [5, 5.41) is 2.98. The van der Waals surface area contributed by atoms with Gasteiger partial charge < -0.3 is 10.1 Å². The van der Waals surface area contributed by atoms with Gasteiger partial charge in [0.05, 0.1) is 16.1 Å². The van der Waals surface area contributed by atoms with Crippen LogP contribution in [0.2, 0.25) is 0 Å². The Morgan fingerprint density at radius 2 is 1.66 bits per heavy atom. The van der Waals surface area contributed by atoms with Crippen LogP contribution in [-0.4, -0.2) is 39.5 Å². The molecule has 1 N–H and O–H groups in total. The highest BCUT2D eigenvalue weighted by molar-refractivity contribution is 7.92. The van der Waals surface area contributed by atoms with E-state index < -0.39 is 22.1 Å². The number of carbonyl (C=O) groups is 2. The number of nitrogens with one attached hydrogen (secondary N) is 1. The van der Waals surface area contributed by atoms with Crippen LogP contribution < -0.4 is 9.62 Å². The van der Waals surface area contributed by atoms with Crippen LogP contribution in [0.15, 0.2) is 59.5 Å². The molecule has 32 heavy (non-hydrogen) atoms. The molecule has 0 unspecified atom stereocenters. The third-order valence-electron chi connectivity index (χ3n) is 5.96. The van der Waals surface area contributed by atoms with Gasteiger partial charge in [0.25, 0.3) is 15.9 Å². The molecular weight excluding hydrogens is 428 g/mol. The largest absolute Gasteiger partial charge is 0.449 e. The van der Waals surface area contributed by atoms with Crippen LogP contribution in [0.25, 0.3) is 0 Å². The molecular formula is C24H30N2O5S. The molecule has 172 valence electrons. The van der Waals surface area contributed by atoms with Crippen molar-refractivity contribution in [3.63, 3.8) is 0 Å². The van der Waals surface area contributed by atoms with Crippen molar-refractivity contribution in [2.75, 3.05) is 11.4 Å². The molecule has 0 saturated heterocycles. The predicted octanol–water partition coefficient (Wildman–Crippen LogP) is 3.75. The number of ether oxygens (including phenoxy) is 1. The van der Waals surface area contributed by atoms with Gasteiger partial charge in [0.2, 0.25) is 0 Å². The zero-order valence-corrected chi connectivity index (χ0v) is 19.5. The third-order valence-corrected chi connectivity index (χ3v) is 7.76. The van der Waals surface area contributed by atoms with E-state index in [4.69, 9.17) is 4.74 Å². The van der Waals surface area contributed by atoms with Crippen molar-refractivity contribution >= 4 is 27.6 Å². The first kappa shape index (κ1) is 23.8. The van der Waals surface area contributed by atoms with Gasteiger partial charge in [-0.25, -0.2) is 13.2 Å². The van der Waals surface area contributed by atoms with Crippen molar-refractivity contribution < 1.29 is 22.7 Å². The highest BCUT2D eigenvalue weighted by Crippen LogP contribution is 2.24. The molecule has 1 aliphatic rings. The molecule has 8 heteroatoms. The maximum absolute atomic E-state index is 12.9. The molecule has 0 radical (unpaired) electrons. The summed E-state index contributed by atoms with van der Waals surface area (Å²) in [6.07, 6.45) is 3.32. The van der Waals surface area contributed by atoms with Gasteiger partial charge in [-0.2, -0.15) is 0 Å². The number of para-hydroxylation sites is 1. The number of esters is 1. The molecule has 1 aliphatic carbocycles. The lowest BCUT2D eigenvalue weighted by atomic mass is 9.86. The highest BCUT2D eigenvalue weighted by Gasteiger charge is 2.27. The van der Waals surface area contributed by atoms with Crippen LogP contribution in [-0.2, 0) is 19.6 Å². The SMILES string of the molecule is C[C@H](OC(=O)c1ccc(S(=O)(=O)N(C)c2ccccc2)cc1)C(=O)N[C@@H]1CCCC[C@@H]1C. The van der Waals surface area contributed by atoms with Crippen molar-refractivity contribution in [2.24, 2.45) is 5.92 Å². The molecule has 7 nitrogen and oxygen atoms in total. The summed E-state index contributed by atoms with van der Waals surface area (Å²) < 4.78 is 32.2. The second-order valence-corrected chi connectivity index (χ2v) is 10.2. The van der Waals surface area contributed by atoms with E-state index in [2.05, 4.69) is 12.2 Å². The second-order valence-electron chi connectivity index (χ2n) is 8.26. The zero-order valence-electron chi connectivity index (χ0n) is 18.7. The fraction of sp³-hybridized carbons (Fsp3) is 0.417. The minimum atomic E-state index is -3.78. The minimum Gasteiger partial charge on any atom is -0.449 e. The average Bonchev–Trinajstić information content (AvgIpc) is 2.80. The number of carbonyl (C=O) groups excluding carboxylic acids is 2. The van der Waals surface area contributed by atoms with Gasteiger partial charge in [0.15, 0.2) is 6.10 Å². The Bertz CT molecular complexity index is 1040. The molecule has 0 aliphatic heterocycles. The first-order chi connectivity index (χ1) is 15.2. The first-order valence-electron chi connectivity index (χ1n) is 10.9. The molecule has 2 aromatic carbocycles. The summed E-state index contributed by atoms with van der Waals surface area (Å²) in [5.41, 5.74) is 0.708. The van der Waals surface area contributed by atoms with Crippen LogP contribution in [0.5, 0.6) is 0 Å².